The van der Waals surface area contributed by atoms with Gasteiger partial charge in [0.25, 0.3) is 0 Å². The zero-order valence-corrected chi connectivity index (χ0v) is 7.87. The summed E-state index contributed by atoms with van der Waals surface area (Å²) in [7, 11) is 0. The molecule has 1 N–H and O–H groups in total. The quantitative estimate of drug-likeness (QED) is 0.496. The fraction of sp³-hybridized carbons (Fsp3) is 0.667. The fourth-order valence-corrected chi connectivity index (χ4v) is 1.13. The smallest absolute Gasteiger partial charge is 0.330 e. The standard InChI is InChI=1S/C9H14O4/c1-3-13-8(10)4-7-5-12-6-9(7,2)11/h4,11H,3,5-6H2,1-2H3/b7-4-. The highest BCUT2D eigenvalue weighted by Gasteiger charge is 2.32. The molecule has 4 heteroatoms. The van der Waals surface area contributed by atoms with E-state index in [1.807, 2.05) is 0 Å². The fourth-order valence-electron chi connectivity index (χ4n) is 1.13. The summed E-state index contributed by atoms with van der Waals surface area (Å²) in [6, 6.07) is 0. The van der Waals surface area contributed by atoms with Crippen molar-refractivity contribution in [1.29, 1.82) is 0 Å². The van der Waals surface area contributed by atoms with Gasteiger partial charge in [-0.2, -0.15) is 0 Å². The van der Waals surface area contributed by atoms with E-state index in [-0.39, 0.29) is 6.61 Å². The lowest BCUT2D eigenvalue weighted by molar-refractivity contribution is -0.137. The van der Waals surface area contributed by atoms with Crippen molar-refractivity contribution in [2.75, 3.05) is 19.8 Å². The maximum Gasteiger partial charge on any atom is 0.330 e. The van der Waals surface area contributed by atoms with Gasteiger partial charge in [0.1, 0.15) is 5.60 Å². The predicted molar refractivity (Wildman–Crippen MR) is 46.2 cm³/mol. The van der Waals surface area contributed by atoms with E-state index in [4.69, 9.17) is 9.47 Å². The Balaban J connectivity index is 2.65. The average Bonchev–Trinajstić information content (AvgIpc) is 2.31. The highest BCUT2D eigenvalue weighted by atomic mass is 16.5. The molecule has 13 heavy (non-hydrogen) atoms. The monoisotopic (exact) mass is 186 g/mol. The molecule has 1 fully saturated rings. The van der Waals surface area contributed by atoms with E-state index in [1.165, 1.54) is 6.08 Å². The molecule has 0 aromatic heterocycles. The summed E-state index contributed by atoms with van der Waals surface area (Å²) in [4.78, 5) is 11.0. The van der Waals surface area contributed by atoms with E-state index in [0.717, 1.165) is 0 Å². The molecule has 0 aromatic carbocycles. The van der Waals surface area contributed by atoms with Gasteiger partial charge < -0.3 is 14.6 Å². The summed E-state index contributed by atoms with van der Waals surface area (Å²) in [5.41, 5.74) is -0.446. The van der Waals surface area contributed by atoms with E-state index >= 15 is 0 Å². The summed E-state index contributed by atoms with van der Waals surface area (Å²) in [6.07, 6.45) is 1.30. The molecule has 1 heterocycles. The molecule has 1 saturated heterocycles. The minimum Gasteiger partial charge on any atom is -0.463 e. The van der Waals surface area contributed by atoms with Gasteiger partial charge in [-0.05, 0) is 19.4 Å². The number of carbonyl (C=O) groups excluding carboxylic acids is 1. The molecule has 1 aliphatic rings. The van der Waals surface area contributed by atoms with E-state index in [0.29, 0.717) is 18.8 Å². The molecule has 1 atom stereocenters. The zero-order valence-electron chi connectivity index (χ0n) is 7.87. The van der Waals surface area contributed by atoms with Crippen LogP contribution >= 0.6 is 0 Å². The Kier molecular flexibility index (Phi) is 3.06. The normalized spacial score (nSPS) is 30.8. The van der Waals surface area contributed by atoms with Crippen LogP contribution in [-0.2, 0) is 14.3 Å². The summed E-state index contributed by atoms with van der Waals surface area (Å²) < 4.78 is 9.74. The van der Waals surface area contributed by atoms with Crippen molar-refractivity contribution in [1.82, 2.24) is 0 Å². The summed E-state index contributed by atoms with van der Waals surface area (Å²) in [5, 5.41) is 9.67. The van der Waals surface area contributed by atoms with Gasteiger partial charge in [0, 0.05) is 6.08 Å². The Labute approximate surface area is 77.1 Å². The largest absolute Gasteiger partial charge is 0.463 e. The lowest BCUT2D eigenvalue weighted by Crippen LogP contribution is -2.26. The highest BCUT2D eigenvalue weighted by Crippen LogP contribution is 2.23. The molecule has 0 amide bonds. The van der Waals surface area contributed by atoms with Crippen molar-refractivity contribution >= 4 is 5.97 Å². The molecule has 1 aliphatic heterocycles. The maximum absolute atomic E-state index is 11.0. The van der Waals surface area contributed by atoms with Crippen LogP contribution in [0.5, 0.6) is 0 Å². The molecule has 0 saturated carbocycles. The molecular weight excluding hydrogens is 172 g/mol. The highest BCUT2D eigenvalue weighted by molar-refractivity contribution is 5.83. The topological polar surface area (TPSA) is 55.8 Å². The van der Waals surface area contributed by atoms with Crippen molar-refractivity contribution < 1.29 is 19.4 Å². The Morgan fingerprint density at radius 3 is 3.00 bits per heavy atom. The van der Waals surface area contributed by atoms with Crippen molar-refractivity contribution in [2.24, 2.45) is 0 Å². The molecule has 0 aromatic rings. The Morgan fingerprint density at radius 1 is 1.85 bits per heavy atom. The second-order valence-corrected chi connectivity index (χ2v) is 3.19. The van der Waals surface area contributed by atoms with Crippen molar-refractivity contribution in [3.8, 4) is 0 Å². The first-order valence-corrected chi connectivity index (χ1v) is 4.24. The third-order valence-corrected chi connectivity index (χ3v) is 1.91. The minimum absolute atomic E-state index is 0.234. The molecule has 0 spiro atoms. The van der Waals surface area contributed by atoms with Gasteiger partial charge in [-0.3, -0.25) is 0 Å². The Hall–Kier alpha value is -0.870. The van der Waals surface area contributed by atoms with Gasteiger partial charge >= 0.3 is 5.97 Å². The van der Waals surface area contributed by atoms with Crippen LogP contribution in [0.1, 0.15) is 13.8 Å². The van der Waals surface area contributed by atoms with Crippen molar-refractivity contribution in [3.63, 3.8) is 0 Å². The molecule has 74 valence electrons. The van der Waals surface area contributed by atoms with Crippen LogP contribution in [0.3, 0.4) is 0 Å². The van der Waals surface area contributed by atoms with Crippen LogP contribution in [0.15, 0.2) is 11.6 Å². The SMILES string of the molecule is CCOC(=O)/C=C1/COCC1(C)O. The van der Waals surface area contributed by atoms with Gasteiger partial charge in [-0.1, -0.05) is 0 Å². The number of hydrogen-bond acceptors (Lipinski definition) is 4. The number of rotatable bonds is 2. The van der Waals surface area contributed by atoms with E-state index in [2.05, 4.69) is 0 Å². The first-order valence-electron chi connectivity index (χ1n) is 4.24. The summed E-state index contributed by atoms with van der Waals surface area (Å²) in [5.74, 6) is -0.428. The molecule has 4 nitrogen and oxygen atoms in total. The van der Waals surface area contributed by atoms with Gasteiger partial charge in [-0.15, -0.1) is 0 Å². The van der Waals surface area contributed by atoms with Gasteiger partial charge in [0.05, 0.1) is 19.8 Å². The van der Waals surface area contributed by atoms with E-state index < -0.39 is 11.6 Å². The third kappa shape index (κ3) is 2.54. The van der Waals surface area contributed by atoms with Crippen LogP contribution in [-0.4, -0.2) is 36.5 Å². The zero-order chi connectivity index (χ0) is 9.90. The summed E-state index contributed by atoms with van der Waals surface area (Å²) >= 11 is 0. The van der Waals surface area contributed by atoms with Crippen LogP contribution in [0.25, 0.3) is 0 Å². The number of hydrogen-bond donors (Lipinski definition) is 1. The van der Waals surface area contributed by atoms with Gasteiger partial charge in [0.2, 0.25) is 0 Å². The molecule has 1 rings (SSSR count). The maximum atomic E-state index is 11.0. The lowest BCUT2D eigenvalue weighted by atomic mass is 10.00. The van der Waals surface area contributed by atoms with Crippen LogP contribution < -0.4 is 0 Å². The average molecular weight is 186 g/mol. The van der Waals surface area contributed by atoms with Crippen LogP contribution in [0.2, 0.25) is 0 Å². The summed E-state index contributed by atoms with van der Waals surface area (Å²) in [6.45, 7) is 4.22. The second kappa shape index (κ2) is 3.89. The molecule has 0 bridgehead atoms. The lowest BCUT2D eigenvalue weighted by Gasteiger charge is -2.14. The predicted octanol–water partition coefficient (Wildman–Crippen LogP) is 0.257. The number of aliphatic hydroxyl groups is 1. The van der Waals surface area contributed by atoms with E-state index in [1.54, 1.807) is 13.8 Å². The second-order valence-electron chi connectivity index (χ2n) is 3.19. The van der Waals surface area contributed by atoms with Crippen LogP contribution in [0.4, 0.5) is 0 Å². The van der Waals surface area contributed by atoms with Crippen molar-refractivity contribution in [3.05, 3.63) is 11.6 Å². The van der Waals surface area contributed by atoms with E-state index in [9.17, 15) is 9.90 Å². The van der Waals surface area contributed by atoms with Gasteiger partial charge in [-0.25, -0.2) is 4.79 Å². The molecular formula is C9H14O4. The molecule has 0 radical (unpaired) electrons. The van der Waals surface area contributed by atoms with Crippen LogP contribution in [0, 0.1) is 0 Å². The Morgan fingerprint density at radius 2 is 2.54 bits per heavy atom. The first kappa shape index (κ1) is 10.2. The molecule has 1 unspecified atom stereocenters. The number of ether oxygens (including phenoxy) is 2. The number of esters is 1. The molecule has 0 aliphatic carbocycles. The number of carbonyl (C=O) groups is 1. The van der Waals surface area contributed by atoms with Crippen molar-refractivity contribution in [2.45, 2.75) is 19.4 Å². The first-order chi connectivity index (χ1) is 6.06. The Bertz CT molecular complexity index is 230. The third-order valence-electron chi connectivity index (χ3n) is 1.91. The van der Waals surface area contributed by atoms with Gasteiger partial charge in [0.15, 0.2) is 0 Å². The minimum atomic E-state index is -1.02.